The molecule has 4 heteroatoms. The van der Waals surface area contributed by atoms with Gasteiger partial charge in [-0.25, -0.2) is 13.2 Å². The lowest BCUT2D eigenvalue weighted by molar-refractivity contribution is -0.136. The number of alkyl halides is 2. The van der Waals surface area contributed by atoms with Crippen LogP contribution in [0.15, 0.2) is 24.3 Å². The molecular weight excluding hydrogens is 203 g/mol. The molecule has 0 heterocycles. The lowest BCUT2D eigenvalue weighted by atomic mass is 9.69. The fourth-order valence-corrected chi connectivity index (χ4v) is 2.18. The zero-order valence-corrected chi connectivity index (χ0v) is 8.36. The van der Waals surface area contributed by atoms with Crippen LogP contribution in [0.25, 0.3) is 0 Å². The van der Waals surface area contributed by atoms with Gasteiger partial charge < -0.3 is 5.32 Å². The van der Waals surface area contributed by atoms with E-state index >= 15 is 0 Å². The smallest absolute Gasteiger partial charge is 0.252 e. The van der Waals surface area contributed by atoms with Crippen molar-refractivity contribution in [3.8, 4) is 0 Å². The normalized spacial score (nSPS) is 22.1. The number of rotatable bonds is 2. The minimum atomic E-state index is -2.68. The highest BCUT2D eigenvalue weighted by Crippen LogP contribution is 2.51. The lowest BCUT2D eigenvalue weighted by Crippen LogP contribution is -2.57. The Kier molecular flexibility index (Phi) is 2.26. The van der Waals surface area contributed by atoms with Crippen LogP contribution in [-0.2, 0) is 5.54 Å². The number of benzene rings is 1. The Hall–Kier alpha value is -1.03. The van der Waals surface area contributed by atoms with Gasteiger partial charge in [-0.1, -0.05) is 18.2 Å². The quantitative estimate of drug-likeness (QED) is 0.799. The fourth-order valence-electron chi connectivity index (χ4n) is 2.18. The van der Waals surface area contributed by atoms with E-state index in [1.54, 1.807) is 25.2 Å². The van der Waals surface area contributed by atoms with Crippen LogP contribution in [-0.4, -0.2) is 13.0 Å². The Balaban J connectivity index is 2.34. The Morgan fingerprint density at radius 3 is 2.27 bits per heavy atom. The van der Waals surface area contributed by atoms with E-state index in [9.17, 15) is 13.2 Å². The molecule has 0 aliphatic heterocycles. The number of hydrogen-bond acceptors (Lipinski definition) is 1. The fraction of sp³-hybridized carbons (Fsp3) is 0.455. The van der Waals surface area contributed by atoms with E-state index in [1.165, 1.54) is 6.07 Å². The van der Waals surface area contributed by atoms with Crippen molar-refractivity contribution in [2.75, 3.05) is 7.05 Å². The van der Waals surface area contributed by atoms with Gasteiger partial charge in [-0.15, -0.1) is 0 Å². The molecule has 0 amide bonds. The monoisotopic (exact) mass is 215 g/mol. The second-order valence-electron chi connectivity index (χ2n) is 4.02. The van der Waals surface area contributed by atoms with Gasteiger partial charge in [-0.3, -0.25) is 0 Å². The third kappa shape index (κ3) is 1.63. The summed E-state index contributed by atoms with van der Waals surface area (Å²) in [5, 5.41) is 2.81. The van der Waals surface area contributed by atoms with Crippen molar-refractivity contribution in [2.24, 2.45) is 0 Å². The maximum atomic E-state index is 13.5. The molecular formula is C11H12F3N. The molecule has 2 rings (SSSR count). The highest BCUT2D eigenvalue weighted by molar-refractivity contribution is 5.30. The van der Waals surface area contributed by atoms with E-state index in [0.29, 0.717) is 5.56 Å². The van der Waals surface area contributed by atoms with E-state index < -0.39 is 17.3 Å². The maximum Gasteiger partial charge on any atom is 0.252 e. The molecule has 1 nitrogen and oxygen atoms in total. The number of halogens is 3. The lowest BCUT2D eigenvalue weighted by Gasteiger charge is -2.47. The van der Waals surface area contributed by atoms with E-state index in [1.807, 2.05) is 0 Å². The summed E-state index contributed by atoms with van der Waals surface area (Å²) in [5.41, 5.74) is -0.562. The summed E-state index contributed by atoms with van der Waals surface area (Å²) in [5.74, 6) is -3.10. The molecule has 0 unspecified atom stereocenters. The molecule has 1 aliphatic carbocycles. The minimum absolute atomic E-state index is 0.332. The van der Waals surface area contributed by atoms with Gasteiger partial charge >= 0.3 is 0 Å². The molecule has 0 bridgehead atoms. The van der Waals surface area contributed by atoms with Gasteiger partial charge in [0, 0.05) is 18.4 Å². The predicted molar refractivity (Wildman–Crippen MR) is 51.3 cm³/mol. The molecule has 15 heavy (non-hydrogen) atoms. The van der Waals surface area contributed by atoms with E-state index in [-0.39, 0.29) is 12.8 Å². The summed E-state index contributed by atoms with van der Waals surface area (Å²) >= 11 is 0. The average Bonchev–Trinajstić information content (AvgIpc) is 2.14. The van der Waals surface area contributed by atoms with Crippen molar-refractivity contribution in [1.29, 1.82) is 0 Å². The van der Waals surface area contributed by atoms with E-state index in [0.717, 1.165) is 0 Å². The van der Waals surface area contributed by atoms with Crippen LogP contribution in [0.3, 0.4) is 0 Å². The molecule has 0 saturated heterocycles. The summed E-state index contributed by atoms with van der Waals surface area (Å²) in [6, 6.07) is 6.07. The molecule has 0 spiro atoms. The van der Waals surface area contributed by atoms with Crippen molar-refractivity contribution in [3.05, 3.63) is 35.6 Å². The summed E-state index contributed by atoms with van der Waals surface area (Å²) in [6.07, 6.45) is -0.672. The van der Waals surface area contributed by atoms with Gasteiger partial charge in [0.05, 0.1) is 5.54 Å². The summed E-state index contributed by atoms with van der Waals surface area (Å²) in [4.78, 5) is 0. The maximum absolute atomic E-state index is 13.5. The van der Waals surface area contributed by atoms with Gasteiger partial charge in [-0.05, 0) is 13.1 Å². The molecule has 1 fully saturated rings. The molecule has 1 N–H and O–H groups in total. The zero-order valence-electron chi connectivity index (χ0n) is 8.36. The average molecular weight is 215 g/mol. The second kappa shape index (κ2) is 3.23. The molecule has 0 atom stereocenters. The highest BCUT2D eigenvalue weighted by Gasteiger charge is 2.57. The largest absolute Gasteiger partial charge is 0.310 e. The van der Waals surface area contributed by atoms with E-state index in [2.05, 4.69) is 5.32 Å². The molecule has 1 aromatic carbocycles. The summed E-state index contributed by atoms with van der Waals surface area (Å²) < 4.78 is 39.2. The van der Waals surface area contributed by atoms with Crippen LogP contribution in [0, 0.1) is 5.82 Å². The summed E-state index contributed by atoms with van der Waals surface area (Å²) in [7, 11) is 1.58. The second-order valence-corrected chi connectivity index (χ2v) is 4.02. The standard InChI is InChI=1S/C11H12F3N/c1-15-10(6-11(13,14)7-10)8-4-2-3-5-9(8)12/h2-5,15H,6-7H2,1H3. The highest BCUT2D eigenvalue weighted by atomic mass is 19.3. The van der Waals surface area contributed by atoms with Crippen molar-refractivity contribution >= 4 is 0 Å². The van der Waals surface area contributed by atoms with Crippen LogP contribution >= 0.6 is 0 Å². The SMILES string of the molecule is CNC1(c2ccccc2F)CC(F)(F)C1. The van der Waals surface area contributed by atoms with Crippen molar-refractivity contribution in [1.82, 2.24) is 5.32 Å². The van der Waals surface area contributed by atoms with E-state index in [4.69, 9.17) is 0 Å². The molecule has 1 saturated carbocycles. The third-order valence-corrected chi connectivity index (χ3v) is 2.99. The minimum Gasteiger partial charge on any atom is -0.310 e. The molecule has 82 valence electrons. The molecule has 0 radical (unpaired) electrons. The van der Waals surface area contributed by atoms with Crippen LogP contribution in [0.2, 0.25) is 0 Å². The van der Waals surface area contributed by atoms with Crippen molar-refractivity contribution < 1.29 is 13.2 Å². The van der Waals surface area contributed by atoms with Gasteiger partial charge in [0.15, 0.2) is 0 Å². The van der Waals surface area contributed by atoms with Crippen LogP contribution in [0.4, 0.5) is 13.2 Å². The van der Waals surface area contributed by atoms with Gasteiger partial charge in [0.1, 0.15) is 5.82 Å². The predicted octanol–water partition coefficient (Wildman–Crippen LogP) is 2.67. The van der Waals surface area contributed by atoms with Crippen molar-refractivity contribution in [3.63, 3.8) is 0 Å². The first-order chi connectivity index (χ1) is 6.99. The first-order valence-corrected chi connectivity index (χ1v) is 4.81. The van der Waals surface area contributed by atoms with Gasteiger partial charge in [-0.2, -0.15) is 0 Å². The first-order valence-electron chi connectivity index (χ1n) is 4.81. The Bertz CT molecular complexity index is 368. The molecule has 0 aromatic heterocycles. The number of hydrogen-bond donors (Lipinski definition) is 1. The molecule has 1 aliphatic rings. The zero-order chi connectivity index (χ0) is 11.1. The number of nitrogens with one attached hydrogen (secondary N) is 1. The Morgan fingerprint density at radius 2 is 1.80 bits per heavy atom. The Labute approximate surface area is 86.3 Å². The van der Waals surface area contributed by atoms with Gasteiger partial charge in [0.25, 0.3) is 5.92 Å². The summed E-state index contributed by atoms with van der Waals surface area (Å²) in [6.45, 7) is 0. The topological polar surface area (TPSA) is 12.0 Å². The first kappa shape index (κ1) is 10.5. The van der Waals surface area contributed by atoms with Crippen LogP contribution in [0.5, 0.6) is 0 Å². The third-order valence-electron chi connectivity index (χ3n) is 2.99. The van der Waals surface area contributed by atoms with Gasteiger partial charge in [0.2, 0.25) is 0 Å². The van der Waals surface area contributed by atoms with Crippen molar-refractivity contribution in [2.45, 2.75) is 24.3 Å². The Morgan fingerprint density at radius 1 is 1.20 bits per heavy atom. The van der Waals surface area contributed by atoms with Crippen LogP contribution < -0.4 is 5.32 Å². The van der Waals surface area contributed by atoms with Crippen LogP contribution in [0.1, 0.15) is 18.4 Å². The molecule has 1 aromatic rings.